The molecule has 1 saturated heterocycles. The van der Waals surface area contributed by atoms with E-state index in [1.807, 2.05) is 30.3 Å². The molecule has 1 aromatic carbocycles. The fourth-order valence-electron chi connectivity index (χ4n) is 2.82. The lowest BCUT2D eigenvalue weighted by Gasteiger charge is -2.33. The highest BCUT2D eigenvalue weighted by Gasteiger charge is 2.27. The van der Waals surface area contributed by atoms with Crippen LogP contribution in [0.25, 0.3) is 0 Å². The predicted octanol–water partition coefficient (Wildman–Crippen LogP) is 0.00900. The normalized spacial score (nSPS) is 15.8. The Bertz CT molecular complexity index is 948. The minimum absolute atomic E-state index is 0.174. The molecule has 0 N–H and O–H groups in total. The number of amides is 1. The second-order valence-corrected chi connectivity index (χ2v) is 8.14. The maximum Gasteiger partial charge on any atom is 0.274 e. The molecule has 1 aliphatic heterocycles. The average molecular weight is 376 g/mol. The van der Waals surface area contributed by atoms with Crippen LogP contribution < -0.4 is 5.56 Å². The van der Waals surface area contributed by atoms with Crippen LogP contribution in [0.5, 0.6) is 0 Å². The number of carbonyl (C=O) groups is 1. The highest BCUT2D eigenvalue weighted by Crippen LogP contribution is 2.09. The molecule has 9 heteroatoms. The van der Waals surface area contributed by atoms with Crippen LogP contribution in [0.3, 0.4) is 0 Å². The Labute approximate surface area is 151 Å². The maximum atomic E-state index is 12.7. The summed E-state index contributed by atoms with van der Waals surface area (Å²) in [5.41, 5.74) is 0.800. The highest BCUT2D eigenvalue weighted by molar-refractivity contribution is 7.88. The first kappa shape index (κ1) is 18.3. The monoisotopic (exact) mass is 376 g/mol. The smallest absolute Gasteiger partial charge is 0.274 e. The van der Waals surface area contributed by atoms with E-state index in [0.29, 0.717) is 13.1 Å². The van der Waals surface area contributed by atoms with Gasteiger partial charge in [-0.15, -0.1) is 0 Å². The molecule has 2 aromatic rings. The zero-order valence-electron chi connectivity index (χ0n) is 14.4. The van der Waals surface area contributed by atoms with Crippen molar-refractivity contribution in [3.63, 3.8) is 0 Å². The summed E-state index contributed by atoms with van der Waals surface area (Å²) in [6.45, 7) is 1.39. The molecular weight excluding hydrogens is 356 g/mol. The zero-order chi connectivity index (χ0) is 18.7. The number of rotatable bonds is 4. The van der Waals surface area contributed by atoms with Gasteiger partial charge in [0.05, 0.1) is 12.8 Å². The third-order valence-electron chi connectivity index (χ3n) is 4.26. The standard InChI is InChI=1S/C17H20N4O4S/c1-26(24,25)20-11-9-19(10-12-20)17(23)15-7-8-16(22)21(18-15)13-14-5-3-2-4-6-14/h2-8H,9-13H2,1H3. The second-order valence-electron chi connectivity index (χ2n) is 6.15. The third kappa shape index (κ3) is 4.17. The lowest BCUT2D eigenvalue weighted by Crippen LogP contribution is -2.50. The quantitative estimate of drug-likeness (QED) is 0.749. The van der Waals surface area contributed by atoms with Crippen LogP contribution in [0.4, 0.5) is 0 Å². The Morgan fingerprint density at radius 3 is 2.31 bits per heavy atom. The predicted molar refractivity (Wildman–Crippen MR) is 96.4 cm³/mol. The van der Waals surface area contributed by atoms with Gasteiger partial charge in [0.1, 0.15) is 5.69 Å². The number of carbonyl (C=O) groups excluding carboxylic acids is 1. The highest BCUT2D eigenvalue weighted by atomic mass is 32.2. The van der Waals surface area contributed by atoms with Crippen molar-refractivity contribution in [1.29, 1.82) is 0 Å². The Balaban J connectivity index is 1.74. The van der Waals surface area contributed by atoms with E-state index in [1.165, 1.54) is 21.1 Å². The van der Waals surface area contributed by atoms with Crippen LogP contribution in [0, 0.1) is 0 Å². The number of nitrogens with zero attached hydrogens (tertiary/aromatic N) is 4. The maximum absolute atomic E-state index is 12.7. The lowest BCUT2D eigenvalue weighted by atomic mass is 10.2. The first-order valence-electron chi connectivity index (χ1n) is 8.21. The number of sulfonamides is 1. The van der Waals surface area contributed by atoms with Gasteiger partial charge in [0.15, 0.2) is 0 Å². The molecule has 3 rings (SSSR count). The van der Waals surface area contributed by atoms with Crippen molar-refractivity contribution in [1.82, 2.24) is 19.0 Å². The summed E-state index contributed by atoms with van der Waals surface area (Å²) in [5.74, 6) is -0.306. The van der Waals surface area contributed by atoms with Gasteiger partial charge in [-0.1, -0.05) is 30.3 Å². The number of benzene rings is 1. The van der Waals surface area contributed by atoms with E-state index >= 15 is 0 Å². The molecular formula is C17H20N4O4S. The SMILES string of the molecule is CS(=O)(=O)N1CCN(C(=O)c2ccc(=O)n(Cc3ccccc3)n2)CC1. The molecule has 0 aliphatic carbocycles. The van der Waals surface area contributed by atoms with Gasteiger partial charge in [-0.05, 0) is 11.6 Å². The third-order valence-corrected chi connectivity index (χ3v) is 5.56. The van der Waals surface area contributed by atoms with Crippen molar-refractivity contribution in [3.8, 4) is 0 Å². The molecule has 0 radical (unpaired) electrons. The number of piperazine rings is 1. The van der Waals surface area contributed by atoms with E-state index in [4.69, 9.17) is 0 Å². The number of aromatic nitrogens is 2. The van der Waals surface area contributed by atoms with Gasteiger partial charge in [0.25, 0.3) is 11.5 Å². The zero-order valence-corrected chi connectivity index (χ0v) is 15.2. The summed E-state index contributed by atoms with van der Waals surface area (Å²) < 4.78 is 25.7. The van der Waals surface area contributed by atoms with E-state index in [0.717, 1.165) is 11.8 Å². The molecule has 26 heavy (non-hydrogen) atoms. The van der Waals surface area contributed by atoms with Gasteiger partial charge in [-0.3, -0.25) is 9.59 Å². The summed E-state index contributed by atoms with van der Waals surface area (Å²) in [7, 11) is -3.25. The Morgan fingerprint density at radius 1 is 1.04 bits per heavy atom. The van der Waals surface area contributed by atoms with Gasteiger partial charge in [-0.2, -0.15) is 9.40 Å². The van der Waals surface area contributed by atoms with Crippen LogP contribution in [0.1, 0.15) is 16.1 Å². The van der Waals surface area contributed by atoms with Crippen LogP contribution >= 0.6 is 0 Å². The molecule has 0 unspecified atom stereocenters. The largest absolute Gasteiger partial charge is 0.335 e. The average Bonchev–Trinajstić information content (AvgIpc) is 2.63. The van der Waals surface area contributed by atoms with Crippen LogP contribution in [-0.2, 0) is 16.6 Å². The lowest BCUT2D eigenvalue weighted by molar-refractivity contribution is 0.0689. The molecule has 0 bridgehead atoms. The fraction of sp³-hybridized carbons (Fsp3) is 0.353. The number of hydrogen-bond donors (Lipinski definition) is 0. The van der Waals surface area contributed by atoms with Crippen LogP contribution in [0.15, 0.2) is 47.3 Å². The molecule has 0 spiro atoms. The molecule has 0 atom stereocenters. The van der Waals surface area contributed by atoms with E-state index in [1.54, 1.807) is 4.90 Å². The fourth-order valence-corrected chi connectivity index (χ4v) is 3.64. The molecule has 1 aromatic heterocycles. The van der Waals surface area contributed by atoms with Crippen LogP contribution in [0.2, 0.25) is 0 Å². The Kier molecular flexibility index (Phi) is 5.19. The van der Waals surface area contributed by atoms with Crippen molar-refractivity contribution in [2.75, 3.05) is 32.4 Å². The molecule has 8 nitrogen and oxygen atoms in total. The van der Waals surface area contributed by atoms with Gasteiger partial charge in [0, 0.05) is 32.2 Å². The second kappa shape index (κ2) is 7.38. The summed E-state index contributed by atoms with van der Waals surface area (Å²) in [6, 6.07) is 12.1. The Hall–Kier alpha value is -2.52. The molecule has 138 valence electrons. The van der Waals surface area contributed by atoms with Crippen molar-refractivity contribution >= 4 is 15.9 Å². The van der Waals surface area contributed by atoms with Gasteiger partial charge >= 0.3 is 0 Å². The van der Waals surface area contributed by atoms with Gasteiger partial charge < -0.3 is 4.90 Å². The van der Waals surface area contributed by atoms with E-state index < -0.39 is 10.0 Å². The first-order chi connectivity index (χ1) is 12.3. The molecule has 0 saturated carbocycles. The van der Waals surface area contributed by atoms with Crippen molar-refractivity contribution in [2.24, 2.45) is 0 Å². The van der Waals surface area contributed by atoms with E-state index in [9.17, 15) is 18.0 Å². The summed E-state index contributed by atoms with van der Waals surface area (Å²) in [6.07, 6.45) is 1.16. The number of hydrogen-bond acceptors (Lipinski definition) is 5. The van der Waals surface area contributed by atoms with Gasteiger partial charge in [0.2, 0.25) is 10.0 Å². The molecule has 2 heterocycles. The molecule has 1 fully saturated rings. The van der Waals surface area contributed by atoms with Crippen molar-refractivity contribution in [2.45, 2.75) is 6.54 Å². The summed E-state index contributed by atoms with van der Waals surface area (Å²) >= 11 is 0. The van der Waals surface area contributed by atoms with E-state index in [-0.39, 0.29) is 36.8 Å². The van der Waals surface area contributed by atoms with Crippen molar-refractivity contribution in [3.05, 3.63) is 64.1 Å². The molecule has 1 amide bonds. The van der Waals surface area contributed by atoms with Gasteiger partial charge in [-0.25, -0.2) is 13.1 Å². The summed E-state index contributed by atoms with van der Waals surface area (Å²) in [5, 5.41) is 4.19. The Morgan fingerprint density at radius 2 is 1.69 bits per heavy atom. The minimum atomic E-state index is -3.25. The summed E-state index contributed by atoms with van der Waals surface area (Å²) in [4.78, 5) is 26.2. The first-order valence-corrected chi connectivity index (χ1v) is 10.1. The van der Waals surface area contributed by atoms with Crippen molar-refractivity contribution < 1.29 is 13.2 Å². The minimum Gasteiger partial charge on any atom is -0.335 e. The molecule has 1 aliphatic rings. The van der Waals surface area contributed by atoms with Crippen LogP contribution in [-0.4, -0.2) is 65.7 Å². The topological polar surface area (TPSA) is 92.6 Å². The van der Waals surface area contributed by atoms with E-state index in [2.05, 4.69) is 5.10 Å².